The van der Waals surface area contributed by atoms with Crippen molar-refractivity contribution in [2.24, 2.45) is 0 Å². The molecule has 106 valence electrons. The van der Waals surface area contributed by atoms with Gasteiger partial charge < -0.3 is 4.74 Å². The maximum Gasteiger partial charge on any atom is 0.413 e. The number of alkyl halides is 2. The van der Waals surface area contributed by atoms with Crippen molar-refractivity contribution in [2.45, 2.75) is 39.0 Å². The highest BCUT2D eigenvalue weighted by atomic mass is 79.9. The summed E-state index contributed by atoms with van der Waals surface area (Å²) in [7, 11) is 0. The third kappa shape index (κ3) is 6.00. The van der Waals surface area contributed by atoms with E-state index in [2.05, 4.69) is 26.2 Å². The van der Waals surface area contributed by atoms with E-state index in [4.69, 9.17) is 4.74 Å². The molecule has 1 N–H and O–H groups in total. The van der Waals surface area contributed by atoms with Crippen LogP contribution < -0.4 is 5.32 Å². The smallest absolute Gasteiger partial charge is 0.413 e. The predicted molar refractivity (Wildman–Crippen MR) is 76.4 cm³/mol. The highest BCUT2D eigenvalue weighted by Crippen LogP contribution is 2.23. The number of aromatic nitrogens is 1. The van der Waals surface area contributed by atoms with Gasteiger partial charge in [-0.2, -0.15) is 0 Å². The van der Waals surface area contributed by atoms with Crippen molar-refractivity contribution < 1.29 is 13.9 Å². The summed E-state index contributed by atoms with van der Waals surface area (Å²) in [6.07, 6.45) is 0.147. The van der Waals surface area contributed by atoms with E-state index in [0.717, 1.165) is 0 Å². The summed E-state index contributed by atoms with van der Waals surface area (Å²) in [5.41, 5.74) is -0.0965. The van der Waals surface area contributed by atoms with Crippen LogP contribution in [0.5, 0.6) is 0 Å². The second-order valence-electron chi connectivity index (χ2n) is 5.05. The Morgan fingerprint density at radius 2 is 2.26 bits per heavy atom. The van der Waals surface area contributed by atoms with Crippen LogP contribution in [0.15, 0.2) is 18.3 Å². The van der Waals surface area contributed by atoms with Crippen LogP contribution in [-0.2, 0) is 4.74 Å². The maximum absolute atomic E-state index is 13.7. The number of hydrogen-bond acceptors (Lipinski definition) is 3. The molecule has 6 heteroatoms. The van der Waals surface area contributed by atoms with Crippen LogP contribution in [0.25, 0.3) is 0 Å². The number of rotatable bonds is 4. The second kappa shape index (κ2) is 6.84. The Labute approximate surface area is 120 Å². The van der Waals surface area contributed by atoms with Crippen molar-refractivity contribution in [3.05, 3.63) is 23.9 Å². The molecule has 0 aliphatic carbocycles. The molecule has 1 unspecified atom stereocenters. The lowest BCUT2D eigenvalue weighted by atomic mass is 10.1. The molecular weight excluding hydrogens is 315 g/mol. The Bertz CT molecular complexity index is 435. The summed E-state index contributed by atoms with van der Waals surface area (Å²) < 4.78 is 18.8. The van der Waals surface area contributed by atoms with Gasteiger partial charge >= 0.3 is 6.09 Å². The maximum atomic E-state index is 13.7. The molecule has 1 heterocycles. The van der Waals surface area contributed by atoms with E-state index in [9.17, 15) is 9.18 Å². The summed E-state index contributed by atoms with van der Waals surface area (Å²) in [5.74, 6) is 0.281. The molecule has 0 saturated heterocycles. The fourth-order valence-electron chi connectivity index (χ4n) is 1.38. The van der Waals surface area contributed by atoms with E-state index in [1.54, 1.807) is 26.8 Å². The highest BCUT2D eigenvalue weighted by Gasteiger charge is 2.17. The summed E-state index contributed by atoms with van der Waals surface area (Å²) in [5, 5.41) is 3.06. The van der Waals surface area contributed by atoms with Crippen LogP contribution in [0.4, 0.5) is 15.0 Å². The Morgan fingerprint density at radius 3 is 2.84 bits per heavy atom. The number of carbonyl (C=O) groups excluding carboxylic acids is 1. The van der Waals surface area contributed by atoms with Gasteiger partial charge in [0.2, 0.25) is 0 Å². The molecule has 1 atom stereocenters. The number of pyridine rings is 1. The minimum absolute atomic E-state index is 0.281. The lowest BCUT2D eigenvalue weighted by molar-refractivity contribution is 0.0635. The number of anilines is 1. The number of halogens is 2. The Morgan fingerprint density at radius 1 is 1.58 bits per heavy atom. The molecule has 1 amide bonds. The van der Waals surface area contributed by atoms with E-state index in [-0.39, 0.29) is 5.82 Å². The molecule has 0 fully saturated rings. The van der Waals surface area contributed by atoms with Gasteiger partial charge in [0.05, 0.1) is 0 Å². The van der Waals surface area contributed by atoms with Crippen LogP contribution in [0.2, 0.25) is 0 Å². The van der Waals surface area contributed by atoms with Crippen molar-refractivity contribution in [1.82, 2.24) is 4.98 Å². The minimum Gasteiger partial charge on any atom is -0.444 e. The lowest BCUT2D eigenvalue weighted by Gasteiger charge is -2.19. The van der Waals surface area contributed by atoms with Gasteiger partial charge in [0.25, 0.3) is 0 Å². The monoisotopic (exact) mass is 332 g/mol. The third-order valence-corrected chi connectivity index (χ3v) is 2.60. The normalized spacial score (nSPS) is 12.9. The molecule has 1 aromatic rings. The number of nitrogens with one attached hydrogen (secondary N) is 1. The zero-order valence-electron chi connectivity index (χ0n) is 11.2. The van der Waals surface area contributed by atoms with Crippen molar-refractivity contribution in [3.8, 4) is 0 Å². The van der Waals surface area contributed by atoms with Gasteiger partial charge in [-0.25, -0.2) is 14.2 Å². The standard InChI is InChI=1S/C13H18BrFN2O2/c1-13(2,3)19-12(18)17-11-8-9(5-7-16-11)10(15)4-6-14/h5,7-8,10H,4,6H2,1-3H3,(H,16,17,18). The third-order valence-electron chi connectivity index (χ3n) is 2.14. The van der Waals surface area contributed by atoms with Gasteiger partial charge in [0.1, 0.15) is 17.6 Å². The molecule has 0 radical (unpaired) electrons. The molecule has 0 spiro atoms. The fraction of sp³-hybridized carbons (Fsp3) is 0.538. The summed E-state index contributed by atoms with van der Waals surface area (Å²) >= 11 is 3.19. The number of carbonyl (C=O) groups is 1. The number of ether oxygens (including phenoxy) is 1. The molecule has 19 heavy (non-hydrogen) atoms. The largest absolute Gasteiger partial charge is 0.444 e. The van der Waals surface area contributed by atoms with Crippen molar-refractivity contribution >= 4 is 27.8 Å². The molecular formula is C13H18BrFN2O2. The van der Waals surface area contributed by atoms with Crippen molar-refractivity contribution in [3.63, 3.8) is 0 Å². The van der Waals surface area contributed by atoms with Gasteiger partial charge in [-0.15, -0.1) is 0 Å². The van der Waals surface area contributed by atoms with E-state index in [1.165, 1.54) is 12.3 Å². The number of amides is 1. The fourth-order valence-corrected chi connectivity index (χ4v) is 1.78. The SMILES string of the molecule is CC(C)(C)OC(=O)Nc1cc(C(F)CCBr)ccn1. The quantitative estimate of drug-likeness (QED) is 0.839. The van der Waals surface area contributed by atoms with Gasteiger partial charge in [-0.3, -0.25) is 5.32 Å². The first kappa shape index (κ1) is 15.9. The zero-order valence-corrected chi connectivity index (χ0v) is 12.8. The topological polar surface area (TPSA) is 51.2 Å². The molecule has 0 saturated carbocycles. The van der Waals surface area contributed by atoms with E-state index < -0.39 is 17.9 Å². The average molecular weight is 333 g/mol. The summed E-state index contributed by atoms with van der Waals surface area (Å²) in [6, 6.07) is 3.10. The lowest BCUT2D eigenvalue weighted by Crippen LogP contribution is -2.27. The highest BCUT2D eigenvalue weighted by molar-refractivity contribution is 9.09. The van der Waals surface area contributed by atoms with E-state index in [0.29, 0.717) is 17.3 Å². The Kier molecular flexibility index (Phi) is 5.72. The van der Waals surface area contributed by atoms with Crippen LogP contribution in [-0.4, -0.2) is 22.0 Å². The average Bonchev–Trinajstić information content (AvgIpc) is 2.27. The van der Waals surface area contributed by atoms with Crippen LogP contribution in [0.3, 0.4) is 0 Å². The molecule has 1 rings (SSSR count). The summed E-state index contributed by atoms with van der Waals surface area (Å²) in [4.78, 5) is 15.5. The number of nitrogens with zero attached hydrogens (tertiary/aromatic N) is 1. The van der Waals surface area contributed by atoms with Gasteiger partial charge in [0, 0.05) is 11.5 Å². The van der Waals surface area contributed by atoms with E-state index in [1.807, 2.05) is 0 Å². The minimum atomic E-state index is -1.08. The summed E-state index contributed by atoms with van der Waals surface area (Å²) in [6.45, 7) is 5.30. The van der Waals surface area contributed by atoms with Crippen LogP contribution >= 0.6 is 15.9 Å². The van der Waals surface area contributed by atoms with Crippen LogP contribution in [0, 0.1) is 0 Å². The predicted octanol–water partition coefficient (Wildman–Crippen LogP) is 4.22. The molecule has 1 aromatic heterocycles. The van der Waals surface area contributed by atoms with Crippen LogP contribution in [0.1, 0.15) is 38.9 Å². The van der Waals surface area contributed by atoms with Gasteiger partial charge in [-0.05, 0) is 44.9 Å². The first-order valence-electron chi connectivity index (χ1n) is 5.98. The van der Waals surface area contributed by atoms with Crippen molar-refractivity contribution in [1.29, 1.82) is 0 Å². The molecule has 0 aliphatic heterocycles. The Hall–Kier alpha value is -1.17. The van der Waals surface area contributed by atoms with Crippen molar-refractivity contribution in [2.75, 3.05) is 10.6 Å². The number of hydrogen-bond donors (Lipinski definition) is 1. The van der Waals surface area contributed by atoms with Gasteiger partial charge in [0.15, 0.2) is 0 Å². The molecule has 4 nitrogen and oxygen atoms in total. The zero-order chi connectivity index (χ0) is 14.5. The Balaban J connectivity index is 2.69. The van der Waals surface area contributed by atoms with Gasteiger partial charge in [-0.1, -0.05) is 15.9 Å². The molecule has 0 aromatic carbocycles. The second-order valence-corrected chi connectivity index (χ2v) is 5.84. The molecule has 0 aliphatic rings. The van der Waals surface area contributed by atoms with E-state index >= 15 is 0 Å². The first-order chi connectivity index (χ1) is 8.81. The first-order valence-corrected chi connectivity index (χ1v) is 7.10. The molecule has 0 bridgehead atoms.